The molecule has 1 amide bonds. The maximum absolute atomic E-state index is 13.7. The Labute approximate surface area is 118 Å². The third-order valence-electron chi connectivity index (χ3n) is 3.08. The topological polar surface area (TPSA) is 50.4 Å². The predicted molar refractivity (Wildman–Crippen MR) is 77.5 cm³/mol. The first-order chi connectivity index (χ1) is 9.33. The number of halogens is 1. The Kier molecular flexibility index (Phi) is 4.16. The number of hydrogen-bond acceptors (Lipinski definition) is 3. The minimum absolute atomic E-state index is 0.313. The molecule has 0 aliphatic heterocycles. The summed E-state index contributed by atoms with van der Waals surface area (Å²) in [6.07, 6.45) is 2.75. The number of anilines is 2. The molecule has 110 valence electrons. The second-order valence-electron chi connectivity index (χ2n) is 6.09. The first kappa shape index (κ1) is 14.6. The van der Waals surface area contributed by atoms with Crippen molar-refractivity contribution >= 4 is 17.5 Å². The largest absolute Gasteiger partial charge is 0.444 e. The van der Waals surface area contributed by atoms with Crippen LogP contribution in [0.3, 0.4) is 0 Å². The average molecular weight is 280 g/mol. The standard InChI is InChI=1S/C15H21FN2O2/c1-15(2,3)20-14(19)18-11-7-8-12(16)13(9-11)17-10-5-4-6-10/h7-10,17H,4-6H2,1-3H3,(H,18,19). The molecule has 2 rings (SSSR count). The molecule has 1 aromatic carbocycles. The van der Waals surface area contributed by atoms with Crippen LogP contribution in [0.15, 0.2) is 18.2 Å². The fourth-order valence-corrected chi connectivity index (χ4v) is 1.91. The normalized spacial score (nSPS) is 15.4. The van der Waals surface area contributed by atoms with Crippen molar-refractivity contribution in [3.8, 4) is 0 Å². The number of carbonyl (C=O) groups excluding carboxylic acids is 1. The fraction of sp³-hybridized carbons (Fsp3) is 0.533. The summed E-state index contributed by atoms with van der Waals surface area (Å²) in [7, 11) is 0. The van der Waals surface area contributed by atoms with E-state index in [9.17, 15) is 9.18 Å². The van der Waals surface area contributed by atoms with Gasteiger partial charge in [-0.3, -0.25) is 5.32 Å². The lowest BCUT2D eigenvalue weighted by Gasteiger charge is -2.28. The Morgan fingerprint density at radius 3 is 2.60 bits per heavy atom. The van der Waals surface area contributed by atoms with E-state index in [4.69, 9.17) is 4.74 Å². The van der Waals surface area contributed by atoms with Crippen molar-refractivity contribution in [3.63, 3.8) is 0 Å². The van der Waals surface area contributed by atoms with Crippen LogP contribution in [0, 0.1) is 5.82 Å². The molecule has 20 heavy (non-hydrogen) atoms. The molecule has 0 atom stereocenters. The van der Waals surface area contributed by atoms with Crippen molar-refractivity contribution in [1.82, 2.24) is 0 Å². The van der Waals surface area contributed by atoms with Gasteiger partial charge in [0.05, 0.1) is 5.69 Å². The lowest BCUT2D eigenvalue weighted by molar-refractivity contribution is 0.0636. The molecule has 1 fully saturated rings. The summed E-state index contributed by atoms with van der Waals surface area (Å²) < 4.78 is 18.9. The quantitative estimate of drug-likeness (QED) is 0.875. The second-order valence-corrected chi connectivity index (χ2v) is 6.09. The summed E-state index contributed by atoms with van der Waals surface area (Å²) in [4.78, 5) is 11.7. The highest BCUT2D eigenvalue weighted by molar-refractivity contribution is 5.85. The first-order valence-electron chi connectivity index (χ1n) is 6.89. The average Bonchev–Trinajstić information content (AvgIpc) is 2.24. The van der Waals surface area contributed by atoms with Crippen molar-refractivity contribution in [1.29, 1.82) is 0 Å². The Bertz CT molecular complexity index is 493. The van der Waals surface area contributed by atoms with E-state index in [0.29, 0.717) is 17.4 Å². The summed E-state index contributed by atoms with van der Waals surface area (Å²) in [6.45, 7) is 5.38. The van der Waals surface area contributed by atoms with Crippen LogP contribution in [0.4, 0.5) is 20.6 Å². The maximum Gasteiger partial charge on any atom is 0.412 e. The fourth-order valence-electron chi connectivity index (χ4n) is 1.91. The van der Waals surface area contributed by atoms with Crippen LogP contribution in [0.1, 0.15) is 40.0 Å². The lowest BCUT2D eigenvalue weighted by atomic mass is 9.93. The summed E-state index contributed by atoms with van der Waals surface area (Å²) >= 11 is 0. The summed E-state index contributed by atoms with van der Waals surface area (Å²) in [6, 6.07) is 4.79. The third kappa shape index (κ3) is 4.11. The number of carbonyl (C=O) groups is 1. The number of nitrogens with one attached hydrogen (secondary N) is 2. The van der Waals surface area contributed by atoms with Gasteiger partial charge in [-0.1, -0.05) is 0 Å². The smallest absolute Gasteiger partial charge is 0.412 e. The SMILES string of the molecule is CC(C)(C)OC(=O)Nc1ccc(F)c(NC2CCC2)c1. The van der Waals surface area contributed by atoms with Crippen molar-refractivity contribution in [2.75, 3.05) is 10.6 Å². The number of hydrogen-bond donors (Lipinski definition) is 2. The Balaban J connectivity index is 2.01. The minimum Gasteiger partial charge on any atom is -0.444 e. The molecular weight excluding hydrogens is 259 g/mol. The monoisotopic (exact) mass is 280 g/mol. The lowest BCUT2D eigenvalue weighted by Crippen LogP contribution is -2.28. The van der Waals surface area contributed by atoms with E-state index in [2.05, 4.69) is 10.6 Å². The van der Waals surface area contributed by atoms with E-state index < -0.39 is 11.7 Å². The van der Waals surface area contributed by atoms with Crippen LogP contribution >= 0.6 is 0 Å². The van der Waals surface area contributed by atoms with E-state index >= 15 is 0 Å². The van der Waals surface area contributed by atoms with Gasteiger partial charge in [-0.15, -0.1) is 0 Å². The van der Waals surface area contributed by atoms with Crippen molar-refractivity contribution in [2.24, 2.45) is 0 Å². The molecule has 0 spiro atoms. The van der Waals surface area contributed by atoms with Gasteiger partial charge >= 0.3 is 6.09 Å². The second kappa shape index (κ2) is 5.69. The van der Waals surface area contributed by atoms with Crippen molar-refractivity contribution in [3.05, 3.63) is 24.0 Å². The van der Waals surface area contributed by atoms with Crippen molar-refractivity contribution < 1.29 is 13.9 Å². The maximum atomic E-state index is 13.7. The van der Waals surface area contributed by atoms with Gasteiger partial charge < -0.3 is 10.1 Å². The van der Waals surface area contributed by atoms with E-state index in [-0.39, 0.29) is 5.82 Å². The molecule has 1 saturated carbocycles. The van der Waals surface area contributed by atoms with E-state index in [1.165, 1.54) is 18.6 Å². The first-order valence-corrected chi connectivity index (χ1v) is 6.89. The molecule has 0 unspecified atom stereocenters. The molecule has 4 nitrogen and oxygen atoms in total. The van der Waals surface area contributed by atoms with Gasteiger partial charge in [-0.25, -0.2) is 9.18 Å². The van der Waals surface area contributed by atoms with Crippen molar-refractivity contribution in [2.45, 2.75) is 51.7 Å². The van der Waals surface area contributed by atoms with Crippen LogP contribution in [0.25, 0.3) is 0 Å². The van der Waals surface area contributed by atoms with Gasteiger partial charge in [-0.2, -0.15) is 0 Å². The number of benzene rings is 1. The molecule has 1 aliphatic carbocycles. The summed E-state index contributed by atoms with van der Waals surface area (Å²) in [5, 5.41) is 5.75. The highest BCUT2D eigenvalue weighted by Crippen LogP contribution is 2.27. The minimum atomic E-state index is -0.558. The molecule has 0 bridgehead atoms. The predicted octanol–water partition coefficient (Wildman–Crippen LogP) is 4.14. The van der Waals surface area contributed by atoms with Crippen LogP contribution in [-0.4, -0.2) is 17.7 Å². The van der Waals surface area contributed by atoms with Gasteiger partial charge in [0.25, 0.3) is 0 Å². The van der Waals surface area contributed by atoms with Gasteiger partial charge in [0.2, 0.25) is 0 Å². The van der Waals surface area contributed by atoms with Crippen LogP contribution in [0.2, 0.25) is 0 Å². The molecule has 2 N–H and O–H groups in total. The molecule has 1 aromatic rings. The Hall–Kier alpha value is -1.78. The number of amides is 1. The van der Waals surface area contributed by atoms with E-state index in [1.807, 2.05) is 0 Å². The number of ether oxygens (including phenoxy) is 1. The summed E-state index contributed by atoms with van der Waals surface area (Å²) in [5.41, 5.74) is 0.377. The number of rotatable bonds is 3. The molecular formula is C15H21FN2O2. The van der Waals surface area contributed by atoms with Gasteiger partial charge in [0, 0.05) is 11.7 Å². The van der Waals surface area contributed by atoms with Crippen LogP contribution < -0.4 is 10.6 Å². The van der Waals surface area contributed by atoms with Gasteiger partial charge in [0.15, 0.2) is 0 Å². The molecule has 0 saturated heterocycles. The van der Waals surface area contributed by atoms with Gasteiger partial charge in [0.1, 0.15) is 11.4 Å². The van der Waals surface area contributed by atoms with E-state index in [0.717, 1.165) is 12.8 Å². The van der Waals surface area contributed by atoms with E-state index in [1.54, 1.807) is 26.8 Å². The zero-order chi connectivity index (χ0) is 14.8. The van der Waals surface area contributed by atoms with Crippen LogP contribution in [-0.2, 0) is 4.74 Å². The highest BCUT2D eigenvalue weighted by atomic mass is 19.1. The molecule has 0 aromatic heterocycles. The zero-order valence-corrected chi connectivity index (χ0v) is 12.1. The van der Waals surface area contributed by atoms with Gasteiger partial charge in [-0.05, 0) is 58.2 Å². The Morgan fingerprint density at radius 2 is 2.05 bits per heavy atom. The zero-order valence-electron chi connectivity index (χ0n) is 12.1. The molecule has 0 heterocycles. The van der Waals surface area contributed by atoms with Crippen LogP contribution in [0.5, 0.6) is 0 Å². The highest BCUT2D eigenvalue weighted by Gasteiger charge is 2.19. The summed E-state index contributed by atoms with van der Waals surface area (Å²) in [5.74, 6) is -0.313. The molecule has 1 aliphatic rings. The Morgan fingerprint density at radius 1 is 1.35 bits per heavy atom. The third-order valence-corrected chi connectivity index (χ3v) is 3.08. The molecule has 0 radical (unpaired) electrons. The molecule has 5 heteroatoms.